The van der Waals surface area contributed by atoms with Crippen molar-refractivity contribution >= 4 is 6.29 Å². The summed E-state index contributed by atoms with van der Waals surface area (Å²) < 4.78 is 9.63. The first-order chi connectivity index (χ1) is 7.70. The SMILES string of the molecule is Cc1c(Oc2ccc(C=O)cc2)no[n+]1[O-]. The van der Waals surface area contributed by atoms with Crippen LogP contribution in [-0.2, 0) is 0 Å². The molecule has 0 N–H and O–H groups in total. The van der Waals surface area contributed by atoms with E-state index in [2.05, 4.69) is 9.79 Å². The lowest BCUT2D eigenvalue weighted by Gasteiger charge is -1.98. The molecule has 1 aromatic heterocycles. The Labute approximate surface area is 90.6 Å². The van der Waals surface area contributed by atoms with Gasteiger partial charge in [0.25, 0.3) is 0 Å². The number of ether oxygens (including phenoxy) is 1. The van der Waals surface area contributed by atoms with Crippen molar-refractivity contribution < 1.29 is 19.1 Å². The number of rotatable bonds is 3. The Bertz CT molecular complexity index is 504. The number of aromatic nitrogens is 2. The number of carbonyl (C=O) groups excluding carboxylic acids is 1. The van der Waals surface area contributed by atoms with Crippen LogP contribution in [0.5, 0.6) is 11.6 Å². The maximum Gasteiger partial charge on any atom is 0.402 e. The molecule has 0 fully saturated rings. The molecule has 16 heavy (non-hydrogen) atoms. The molecule has 0 unspecified atom stereocenters. The largest absolute Gasteiger partial charge is 0.416 e. The van der Waals surface area contributed by atoms with Crippen molar-refractivity contribution in [3.8, 4) is 11.6 Å². The second-order valence-electron chi connectivity index (χ2n) is 3.11. The van der Waals surface area contributed by atoms with Gasteiger partial charge in [-0.3, -0.25) is 9.42 Å². The maximum atomic E-state index is 10.9. The topological polar surface area (TPSA) is 79.3 Å². The molecular weight excluding hydrogens is 212 g/mol. The fourth-order valence-corrected chi connectivity index (χ4v) is 1.10. The summed E-state index contributed by atoms with van der Waals surface area (Å²) in [6.45, 7) is 1.53. The molecule has 0 atom stereocenters. The lowest BCUT2D eigenvalue weighted by molar-refractivity contribution is -0.806. The summed E-state index contributed by atoms with van der Waals surface area (Å²) in [7, 11) is 0. The van der Waals surface area contributed by atoms with Gasteiger partial charge in [-0.25, -0.2) is 0 Å². The third-order valence-electron chi connectivity index (χ3n) is 2.01. The number of hydrogen-bond donors (Lipinski definition) is 0. The average Bonchev–Trinajstić information content (AvgIpc) is 2.62. The standard InChI is InChI=1S/C10H8N2O4/c1-7-10(11-16-12(7)14)15-9-4-2-8(6-13)3-5-9/h2-6H,1H3. The normalized spacial score (nSPS) is 10.1. The first-order valence-electron chi connectivity index (χ1n) is 4.50. The zero-order chi connectivity index (χ0) is 11.5. The van der Waals surface area contributed by atoms with Gasteiger partial charge in [0, 0.05) is 12.5 Å². The molecule has 1 aromatic carbocycles. The van der Waals surface area contributed by atoms with Gasteiger partial charge in [0.2, 0.25) is 5.69 Å². The highest BCUT2D eigenvalue weighted by Gasteiger charge is 2.16. The Morgan fingerprint density at radius 1 is 1.44 bits per heavy atom. The summed E-state index contributed by atoms with van der Waals surface area (Å²) in [4.78, 5) is 10.7. The molecule has 0 aliphatic heterocycles. The molecule has 2 aromatic rings. The fraction of sp³-hybridized carbons (Fsp3) is 0.100. The summed E-state index contributed by atoms with van der Waals surface area (Å²) >= 11 is 0. The second kappa shape index (κ2) is 4.01. The highest BCUT2D eigenvalue weighted by molar-refractivity contribution is 5.74. The van der Waals surface area contributed by atoms with E-state index in [-0.39, 0.29) is 16.5 Å². The maximum absolute atomic E-state index is 10.9. The lowest BCUT2D eigenvalue weighted by Crippen LogP contribution is -2.25. The molecule has 0 saturated carbocycles. The molecule has 6 heteroatoms. The molecule has 6 nitrogen and oxygen atoms in total. The highest BCUT2D eigenvalue weighted by atomic mass is 16.8. The van der Waals surface area contributed by atoms with Crippen LogP contribution in [0.15, 0.2) is 28.9 Å². The molecule has 0 saturated heterocycles. The van der Waals surface area contributed by atoms with Crippen LogP contribution < -0.4 is 9.64 Å². The van der Waals surface area contributed by atoms with Crippen molar-refractivity contribution in [2.45, 2.75) is 6.92 Å². The Kier molecular flexibility index (Phi) is 2.55. The van der Waals surface area contributed by atoms with Crippen LogP contribution >= 0.6 is 0 Å². The van der Waals surface area contributed by atoms with E-state index in [9.17, 15) is 10.0 Å². The number of benzene rings is 1. The average molecular weight is 220 g/mol. The molecule has 0 bridgehead atoms. The smallest absolute Gasteiger partial charge is 0.402 e. The molecule has 2 rings (SSSR count). The van der Waals surface area contributed by atoms with Crippen LogP contribution in [0, 0.1) is 12.1 Å². The molecule has 0 radical (unpaired) electrons. The van der Waals surface area contributed by atoms with Gasteiger partial charge >= 0.3 is 5.88 Å². The first-order valence-corrected chi connectivity index (χ1v) is 4.50. The van der Waals surface area contributed by atoms with E-state index < -0.39 is 0 Å². The van der Waals surface area contributed by atoms with Crippen LogP contribution in [-0.4, -0.2) is 11.4 Å². The highest BCUT2D eigenvalue weighted by Crippen LogP contribution is 2.20. The predicted octanol–water partition coefficient (Wildman–Crippen LogP) is 1.22. The van der Waals surface area contributed by atoms with E-state index in [1.165, 1.54) is 6.92 Å². The van der Waals surface area contributed by atoms with Gasteiger partial charge in [-0.2, -0.15) is 0 Å². The van der Waals surface area contributed by atoms with Gasteiger partial charge in [0.05, 0.1) is 5.16 Å². The van der Waals surface area contributed by atoms with Gasteiger partial charge in [-0.05, 0) is 29.2 Å². The van der Waals surface area contributed by atoms with E-state index in [0.29, 0.717) is 11.3 Å². The first kappa shape index (κ1) is 10.2. The molecule has 0 aliphatic carbocycles. The van der Waals surface area contributed by atoms with Gasteiger partial charge in [-0.1, -0.05) is 0 Å². The molecule has 82 valence electrons. The zero-order valence-corrected chi connectivity index (χ0v) is 8.41. The zero-order valence-electron chi connectivity index (χ0n) is 8.41. The Morgan fingerprint density at radius 3 is 2.62 bits per heavy atom. The van der Waals surface area contributed by atoms with Crippen LogP contribution in [0.2, 0.25) is 0 Å². The van der Waals surface area contributed by atoms with Crippen LogP contribution in [0.4, 0.5) is 0 Å². The number of hydrogen-bond acceptors (Lipinski definition) is 5. The van der Waals surface area contributed by atoms with Crippen molar-refractivity contribution in [2.24, 2.45) is 0 Å². The molecule has 0 amide bonds. The minimum Gasteiger partial charge on any atom is -0.416 e. The monoisotopic (exact) mass is 220 g/mol. The summed E-state index contributed by atoms with van der Waals surface area (Å²) in [5, 5.41) is 14.3. The Morgan fingerprint density at radius 2 is 2.12 bits per heavy atom. The van der Waals surface area contributed by atoms with Crippen LogP contribution in [0.1, 0.15) is 16.1 Å². The van der Waals surface area contributed by atoms with Crippen LogP contribution in [0.3, 0.4) is 0 Å². The number of carbonyl (C=O) groups is 1. The quantitative estimate of drug-likeness (QED) is 0.574. The lowest BCUT2D eigenvalue weighted by atomic mass is 10.2. The third kappa shape index (κ3) is 1.85. The van der Waals surface area contributed by atoms with Crippen molar-refractivity contribution in [2.75, 3.05) is 0 Å². The molecule has 1 heterocycles. The van der Waals surface area contributed by atoms with Gasteiger partial charge < -0.3 is 9.94 Å². The van der Waals surface area contributed by atoms with Crippen molar-refractivity contribution in [3.05, 3.63) is 40.7 Å². The Balaban J connectivity index is 2.20. The van der Waals surface area contributed by atoms with Crippen molar-refractivity contribution in [3.63, 3.8) is 0 Å². The fourth-order valence-electron chi connectivity index (χ4n) is 1.10. The van der Waals surface area contributed by atoms with Crippen molar-refractivity contribution in [1.29, 1.82) is 0 Å². The second-order valence-corrected chi connectivity index (χ2v) is 3.11. The van der Waals surface area contributed by atoms with E-state index in [1.807, 2.05) is 0 Å². The minimum absolute atomic E-state index is 0.105. The third-order valence-corrected chi connectivity index (χ3v) is 2.01. The number of nitrogens with zero attached hydrogens (tertiary/aromatic N) is 2. The summed E-state index contributed by atoms with van der Waals surface area (Å²) in [6, 6.07) is 6.41. The van der Waals surface area contributed by atoms with Gasteiger partial charge in [0.15, 0.2) is 0 Å². The van der Waals surface area contributed by atoms with E-state index in [1.54, 1.807) is 24.3 Å². The summed E-state index contributed by atoms with van der Waals surface area (Å²) in [5.74, 6) is 0.580. The Hall–Kier alpha value is -2.37. The minimum atomic E-state index is 0.105. The van der Waals surface area contributed by atoms with Crippen molar-refractivity contribution in [1.82, 2.24) is 5.16 Å². The number of aldehydes is 1. The van der Waals surface area contributed by atoms with E-state index in [0.717, 1.165) is 6.29 Å². The molecule has 0 aliphatic rings. The molecular formula is C10H8N2O4. The summed E-state index contributed by atoms with van der Waals surface area (Å²) in [6.07, 6.45) is 0.733. The predicted molar refractivity (Wildman–Crippen MR) is 52.1 cm³/mol. The summed E-state index contributed by atoms with van der Waals surface area (Å²) in [5.41, 5.74) is 0.780. The van der Waals surface area contributed by atoms with Gasteiger partial charge in [0.1, 0.15) is 12.0 Å². The van der Waals surface area contributed by atoms with E-state index in [4.69, 9.17) is 4.74 Å². The van der Waals surface area contributed by atoms with Gasteiger partial charge in [-0.15, -0.1) is 0 Å². The molecule has 0 spiro atoms. The van der Waals surface area contributed by atoms with Crippen LogP contribution in [0.25, 0.3) is 0 Å². The van der Waals surface area contributed by atoms with E-state index >= 15 is 0 Å².